The summed E-state index contributed by atoms with van der Waals surface area (Å²) in [5.74, 6) is 0.551. The number of hydrogen-bond acceptors (Lipinski definition) is 2. The van der Waals surface area contributed by atoms with Gasteiger partial charge < -0.3 is 5.32 Å². The molecule has 0 bridgehead atoms. The van der Waals surface area contributed by atoms with Gasteiger partial charge in [-0.3, -0.25) is 0 Å². The van der Waals surface area contributed by atoms with Gasteiger partial charge in [0, 0.05) is 11.6 Å². The normalized spacial score (nSPS) is 16.4. The molecular formula is C16H17Cl2NS. The predicted octanol–water partition coefficient (Wildman–Crippen LogP) is 5.12. The van der Waals surface area contributed by atoms with Crippen LogP contribution in [-0.2, 0) is 12.8 Å². The zero-order valence-corrected chi connectivity index (χ0v) is 13.7. The van der Waals surface area contributed by atoms with Gasteiger partial charge in [-0.15, -0.1) is 11.3 Å². The van der Waals surface area contributed by atoms with E-state index in [1.165, 1.54) is 22.5 Å². The largest absolute Gasteiger partial charge is 0.310 e. The van der Waals surface area contributed by atoms with Crippen molar-refractivity contribution in [1.29, 1.82) is 0 Å². The van der Waals surface area contributed by atoms with E-state index in [1.807, 2.05) is 6.07 Å². The van der Waals surface area contributed by atoms with E-state index in [1.54, 1.807) is 0 Å². The third-order valence-corrected chi connectivity index (χ3v) is 5.51. The summed E-state index contributed by atoms with van der Waals surface area (Å²) >= 11 is 13.9. The number of nitrogens with one attached hydrogen (secondary N) is 1. The molecule has 1 heterocycles. The zero-order chi connectivity index (χ0) is 14.1. The molecule has 2 aromatic rings. The first-order chi connectivity index (χ1) is 9.69. The molecule has 1 aromatic heterocycles. The molecule has 1 nitrogen and oxygen atoms in total. The van der Waals surface area contributed by atoms with E-state index in [4.69, 9.17) is 23.2 Å². The van der Waals surface area contributed by atoms with Gasteiger partial charge in [0.25, 0.3) is 0 Å². The van der Waals surface area contributed by atoms with E-state index in [0.29, 0.717) is 5.92 Å². The average molecular weight is 326 g/mol. The molecule has 106 valence electrons. The Hall–Kier alpha value is -0.540. The van der Waals surface area contributed by atoms with E-state index >= 15 is 0 Å². The van der Waals surface area contributed by atoms with Crippen molar-refractivity contribution in [3.63, 3.8) is 0 Å². The molecule has 0 amide bonds. The minimum absolute atomic E-state index is 0.281. The Morgan fingerprint density at radius 1 is 1.25 bits per heavy atom. The smallest absolute Gasteiger partial charge is 0.0992 e. The van der Waals surface area contributed by atoms with Crippen LogP contribution in [0, 0.1) is 5.92 Å². The van der Waals surface area contributed by atoms with Crippen LogP contribution in [0.2, 0.25) is 8.67 Å². The van der Waals surface area contributed by atoms with Crippen LogP contribution in [0.1, 0.15) is 29.7 Å². The fourth-order valence-corrected chi connectivity index (χ4v) is 4.69. The lowest BCUT2D eigenvalue weighted by atomic mass is 9.92. The average Bonchev–Trinajstić information content (AvgIpc) is 2.99. The van der Waals surface area contributed by atoms with E-state index in [0.717, 1.165) is 33.6 Å². The van der Waals surface area contributed by atoms with Gasteiger partial charge in [-0.05, 0) is 42.5 Å². The van der Waals surface area contributed by atoms with Crippen LogP contribution < -0.4 is 5.32 Å². The number of hydrogen-bond donors (Lipinski definition) is 1. The number of fused-ring (bicyclic) bond motifs is 1. The van der Waals surface area contributed by atoms with Crippen LogP contribution in [0.25, 0.3) is 0 Å². The van der Waals surface area contributed by atoms with Crippen LogP contribution in [0.3, 0.4) is 0 Å². The highest BCUT2D eigenvalue weighted by Crippen LogP contribution is 2.41. The first-order valence-corrected chi connectivity index (χ1v) is 8.51. The molecule has 0 aliphatic heterocycles. The summed E-state index contributed by atoms with van der Waals surface area (Å²) in [5, 5.41) is 3.59. The van der Waals surface area contributed by atoms with Crippen LogP contribution in [0.15, 0.2) is 30.3 Å². The third kappa shape index (κ3) is 2.75. The van der Waals surface area contributed by atoms with Crippen LogP contribution >= 0.6 is 34.5 Å². The fraction of sp³-hybridized carbons (Fsp3) is 0.375. The summed E-state index contributed by atoms with van der Waals surface area (Å²) in [7, 11) is 0. The van der Waals surface area contributed by atoms with Gasteiger partial charge in [-0.1, -0.05) is 54.4 Å². The summed E-state index contributed by atoms with van der Waals surface area (Å²) in [4.78, 5) is 0. The highest BCUT2D eigenvalue weighted by atomic mass is 35.5. The molecule has 0 saturated heterocycles. The minimum Gasteiger partial charge on any atom is -0.310 e. The number of thiophene rings is 1. The number of halogens is 2. The van der Waals surface area contributed by atoms with Gasteiger partial charge >= 0.3 is 0 Å². The molecule has 0 spiro atoms. The lowest BCUT2D eigenvalue weighted by Crippen LogP contribution is -2.28. The Kier molecular flexibility index (Phi) is 4.37. The molecule has 1 N–H and O–H groups in total. The first-order valence-electron chi connectivity index (χ1n) is 6.94. The van der Waals surface area contributed by atoms with Crippen molar-refractivity contribution in [3.05, 3.63) is 55.7 Å². The molecule has 0 fully saturated rings. The Labute approximate surface area is 133 Å². The van der Waals surface area contributed by atoms with Crippen LogP contribution in [-0.4, -0.2) is 6.54 Å². The summed E-state index contributed by atoms with van der Waals surface area (Å²) in [6.45, 7) is 3.07. The second-order valence-corrected chi connectivity index (χ2v) is 7.54. The van der Waals surface area contributed by atoms with Gasteiger partial charge in [0.05, 0.1) is 8.67 Å². The van der Waals surface area contributed by atoms with Crippen molar-refractivity contribution < 1.29 is 0 Å². The van der Waals surface area contributed by atoms with Crippen molar-refractivity contribution in [3.8, 4) is 0 Å². The van der Waals surface area contributed by atoms with Crippen LogP contribution in [0.5, 0.6) is 0 Å². The molecule has 4 heteroatoms. The highest BCUT2D eigenvalue weighted by molar-refractivity contribution is 7.20. The van der Waals surface area contributed by atoms with Gasteiger partial charge in [0.1, 0.15) is 0 Å². The summed E-state index contributed by atoms with van der Waals surface area (Å²) < 4.78 is 1.58. The second-order valence-electron chi connectivity index (χ2n) is 5.25. The zero-order valence-electron chi connectivity index (χ0n) is 11.3. The highest BCUT2D eigenvalue weighted by Gasteiger charge is 2.31. The molecule has 0 saturated carbocycles. The summed E-state index contributed by atoms with van der Waals surface area (Å²) in [6, 6.07) is 11.0. The molecule has 1 unspecified atom stereocenters. The van der Waals surface area contributed by atoms with E-state index < -0.39 is 0 Å². The SMILES string of the molecule is CCNC(c1cc(Cl)sc1Cl)C1Cc2ccccc2C1. The molecule has 3 rings (SSSR count). The first kappa shape index (κ1) is 14.4. The van der Waals surface area contributed by atoms with Crippen molar-refractivity contribution >= 4 is 34.5 Å². The summed E-state index contributed by atoms with van der Waals surface area (Å²) in [5.41, 5.74) is 4.09. The monoisotopic (exact) mass is 325 g/mol. The van der Waals surface area contributed by atoms with E-state index in [-0.39, 0.29) is 6.04 Å². The maximum absolute atomic E-state index is 6.36. The third-order valence-electron chi connectivity index (χ3n) is 4.00. The topological polar surface area (TPSA) is 12.0 Å². The molecule has 1 aliphatic rings. The predicted molar refractivity (Wildman–Crippen MR) is 88.1 cm³/mol. The molecular weight excluding hydrogens is 309 g/mol. The van der Waals surface area contributed by atoms with Crippen LogP contribution in [0.4, 0.5) is 0 Å². The quantitative estimate of drug-likeness (QED) is 0.822. The van der Waals surface area contributed by atoms with Crippen molar-refractivity contribution in [2.24, 2.45) is 5.92 Å². The Bertz CT molecular complexity index is 583. The fourth-order valence-electron chi connectivity index (χ4n) is 3.14. The molecule has 1 atom stereocenters. The van der Waals surface area contributed by atoms with Gasteiger partial charge in [0.2, 0.25) is 0 Å². The molecule has 0 radical (unpaired) electrons. The second kappa shape index (κ2) is 6.07. The summed E-state index contributed by atoms with van der Waals surface area (Å²) in [6.07, 6.45) is 2.22. The molecule has 1 aromatic carbocycles. The van der Waals surface area contributed by atoms with Crippen molar-refractivity contribution in [1.82, 2.24) is 5.32 Å². The minimum atomic E-state index is 0.281. The van der Waals surface area contributed by atoms with Crippen molar-refractivity contribution in [2.75, 3.05) is 6.54 Å². The maximum Gasteiger partial charge on any atom is 0.0992 e. The van der Waals surface area contributed by atoms with Gasteiger partial charge in [-0.2, -0.15) is 0 Å². The maximum atomic E-state index is 6.36. The Morgan fingerprint density at radius 2 is 1.90 bits per heavy atom. The lowest BCUT2D eigenvalue weighted by Gasteiger charge is -2.24. The van der Waals surface area contributed by atoms with Gasteiger partial charge in [0.15, 0.2) is 0 Å². The number of benzene rings is 1. The van der Waals surface area contributed by atoms with Gasteiger partial charge in [-0.25, -0.2) is 0 Å². The molecule has 1 aliphatic carbocycles. The van der Waals surface area contributed by atoms with E-state index in [2.05, 4.69) is 36.5 Å². The molecule has 20 heavy (non-hydrogen) atoms. The standard InChI is InChI=1S/C16H17Cl2NS/c1-2-19-15(13-9-14(17)20-16(13)18)12-7-10-5-3-4-6-11(10)8-12/h3-6,9,12,15,19H,2,7-8H2,1H3. The van der Waals surface area contributed by atoms with Crippen molar-refractivity contribution in [2.45, 2.75) is 25.8 Å². The Morgan fingerprint density at radius 3 is 2.40 bits per heavy atom. The lowest BCUT2D eigenvalue weighted by molar-refractivity contribution is 0.381. The van der Waals surface area contributed by atoms with E-state index in [9.17, 15) is 0 Å². The number of rotatable bonds is 4. The Balaban J connectivity index is 1.88.